The van der Waals surface area contributed by atoms with Crippen LogP contribution < -0.4 is 9.47 Å². The standard InChI is InChI=1S/C30H40O3/c1-4-21(2)26-8-10-28(11-9-26)33-22(3)31-12-13-32-29-7-5-6-27(17-29)30-18-23-14-24(19-30)16-25(15-23)20-30/h5-11,17,21-25H,4,12-16,18-20H2,1-3H3. The second-order valence-corrected chi connectivity index (χ2v) is 11.0. The van der Waals surface area contributed by atoms with Crippen LogP contribution in [0.15, 0.2) is 48.5 Å². The molecule has 2 unspecified atom stereocenters. The number of ether oxygens (including phenoxy) is 3. The Kier molecular flexibility index (Phi) is 6.69. The first kappa shape index (κ1) is 22.8. The van der Waals surface area contributed by atoms with Crippen LogP contribution >= 0.6 is 0 Å². The van der Waals surface area contributed by atoms with Gasteiger partial charge in [0.2, 0.25) is 0 Å². The summed E-state index contributed by atoms with van der Waals surface area (Å²) in [4.78, 5) is 0. The topological polar surface area (TPSA) is 27.7 Å². The molecule has 0 N–H and O–H groups in total. The molecule has 0 saturated heterocycles. The molecular formula is C30H40O3. The van der Waals surface area contributed by atoms with Crippen molar-refractivity contribution in [3.8, 4) is 11.5 Å². The lowest BCUT2D eigenvalue weighted by Crippen LogP contribution is -2.48. The van der Waals surface area contributed by atoms with Gasteiger partial charge in [0.25, 0.3) is 0 Å². The predicted octanol–water partition coefficient (Wildman–Crippen LogP) is 7.49. The van der Waals surface area contributed by atoms with Gasteiger partial charge in [0.1, 0.15) is 18.1 Å². The molecule has 6 rings (SSSR count). The molecule has 2 atom stereocenters. The number of hydrogen-bond acceptors (Lipinski definition) is 3. The van der Waals surface area contributed by atoms with Crippen LogP contribution in [0.2, 0.25) is 0 Å². The molecule has 178 valence electrons. The van der Waals surface area contributed by atoms with E-state index in [2.05, 4.69) is 50.2 Å². The summed E-state index contributed by atoms with van der Waals surface area (Å²) in [6.45, 7) is 7.45. The largest absolute Gasteiger partial charge is 0.491 e. The van der Waals surface area contributed by atoms with Crippen molar-refractivity contribution in [2.45, 2.75) is 83.3 Å². The van der Waals surface area contributed by atoms with Crippen LogP contribution in [0.25, 0.3) is 0 Å². The Balaban J connectivity index is 1.09. The minimum absolute atomic E-state index is 0.304. The molecule has 4 aliphatic rings. The zero-order valence-electron chi connectivity index (χ0n) is 20.6. The van der Waals surface area contributed by atoms with Crippen molar-refractivity contribution in [2.24, 2.45) is 17.8 Å². The van der Waals surface area contributed by atoms with E-state index >= 15 is 0 Å². The van der Waals surface area contributed by atoms with Crippen LogP contribution in [-0.2, 0) is 10.2 Å². The van der Waals surface area contributed by atoms with Crippen molar-refractivity contribution >= 4 is 0 Å². The molecule has 4 saturated carbocycles. The molecule has 0 aromatic heterocycles. The molecule has 33 heavy (non-hydrogen) atoms. The van der Waals surface area contributed by atoms with Gasteiger partial charge in [-0.1, -0.05) is 38.1 Å². The second kappa shape index (κ2) is 9.70. The van der Waals surface area contributed by atoms with Crippen molar-refractivity contribution in [3.05, 3.63) is 59.7 Å². The van der Waals surface area contributed by atoms with Gasteiger partial charge in [-0.2, -0.15) is 0 Å². The van der Waals surface area contributed by atoms with Crippen molar-refractivity contribution in [2.75, 3.05) is 13.2 Å². The summed E-state index contributed by atoms with van der Waals surface area (Å²) < 4.78 is 17.8. The maximum absolute atomic E-state index is 6.08. The van der Waals surface area contributed by atoms with Crippen molar-refractivity contribution < 1.29 is 14.2 Å². The van der Waals surface area contributed by atoms with E-state index in [1.165, 1.54) is 49.7 Å². The van der Waals surface area contributed by atoms with Crippen LogP contribution in [0, 0.1) is 17.8 Å². The third-order valence-corrected chi connectivity index (χ3v) is 8.55. The highest BCUT2D eigenvalue weighted by atomic mass is 16.7. The first-order valence-corrected chi connectivity index (χ1v) is 13.1. The molecule has 3 nitrogen and oxygen atoms in total. The highest BCUT2D eigenvalue weighted by Crippen LogP contribution is 2.60. The number of rotatable bonds is 10. The summed E-state index contributed by atoms with van der Waals surface area (Å²) in [7, 11) is 0. The van der Waals surface area contributed by atoms with Gasteiger partial charge in [0, 0.05) is 0 Å². The van der Waals surface area contributed by atoms with E-state index in [9.17, 15) is 0 Å². The minimum atomic E-state index is -0.304. The molecule has 0 radical (unpaired) electrons. The van der Waals surface area contributed by atoms with E-state index in [0.717, 1.165) is 35.7 Å². The Labute approximate surface area is 199 Å². The van der Waals surface area contributed by atoms with Gasteiger partial charge in [-0.15, -0.1) is 0 Å². The fourth-order valence-corrected chi connectivity index (χ4v) is 7.09. The Hall–Kier alpha value is -2.00. The maximum Gasteiger partial charge on any atom is 0.197 e. The lowest BCUT2D eigenvalue weighted by atomic mass is 9.48. The van der Waals surface area contributed by atoms with Crippen LogP contribution in [0.4, 0.5) is 0 Å². The molecule has 0 aliphatic heterocycles. The monoisotopic (exact) mass is 448 g/mol. The van der Waals surface area contributed by atoms with E-state index in [1.54, 1.807) is 0 Å². The fourth-order valence-electron chi connectivity index (χ4n) is 7.09. The van der Waals surface area contributed by atoms with Gasteiger partial charge in [-0.3, -0.25) is 0 Å². The van der Waals surface area contributed by atoms with Crippen molar-refractivity contribution in [1.29, 1.82) is 0 Å². The summed E-state index contributed by atoms with van der Waals surface area (Å²) in [5.74, 6) is 5.27. The lowest BCUT2D eigenvalue weighted by molar-refractivity contribution is -0.0739. The first-order chi connectivity index (χ1) is 16.0. The smallest absolute Gasteiger partial charge is 0.197 e. The normalized spacial score (nSPS) is 29.6. The first-order valence-electron chi connectivity index (χ1n) is 13.1. The number of hydrogen-bond donors (Lipinski definition) is 0. The van der Waals surface area contributed by atoms with Crippen LogP contribution in [0.1, 0.15) is 82.8 Å². The van der Waals surface area contributed by atoms with Crippen molar-refractivity contribution in [3.63, 3.8) is 0 Å². The number of benzene rings is 2. The summed E-state index contributed by atoms with van der Waals surface area (Å²) >= 11 is 0. The van der Waals surface area contributed by atoms with E-state index in [-0.39, 0.29) is 6.29 Å². The molecule has 3 heteroatoms. The highest BCUT2D eigenvalue weighted by Gasteiger charge is 2.51. The van der Waals surface area contributed by atoms with Crippen LogP contribution in [-0.4, -0.2) is 19.5 Å². The summed E-state index contributed by atoms with van der Waals surface area (Å²) in [6.07, 6.45) is 9.45. The van der Waals surface area contributed by atoms with Crippen LogP contribution in [0.5, 0.6) is 11.5 Å². The molecule has 2 aromatic rings. The van der Waals surface area contributed by atoms with Gasteiger partial charge >= 0.3 is 0 Å². The van der Waals surface area contributed by atoms with Gasteiger partial charge in [0.05, 0.1) is 6.61 Å². The summed E-state index contributed by atoms with van der Waals surface area (Å²) in [5.41, 5.74) is 3.28. The van der Waals surface area contributed by atoms with Gasteiger partial charge in [0.15, 0.2) is 6.29 Å². The molecule has 0 heterocycles. The zero-order valence-corrected chi connectivity index (χ0v) is 20.6. The highest BCUT2D eigenvalue weighted by molar-refractivity contribution is 5.36. The Morgan fingerprint density at radius 2 is 1.52 bits per heavy atom. The quantitative estimate of drug-likeness (QED) is 0.278. The van der Waals surface area contributed by atoms with E-state index in [1.807, 2.05) is 19.1 Å². The Morgan fingerprint density at radius 1 is 0.848 bits per heavy atom. The third kappa shape index (κ3) is 5.09. The molecule has 4 aliphatic carbocycles. The van der Waals surface area contributed by atoms with Gasteiger partial charge in [-0.05, 0) is 116 Å². The third-order valence-electron chi connectivity index (χ3n) is 8.55. The molecule has 4 bridgehead atoms. The Bertz CT molecular complexity index is 883. The lowest BCUT2D eigenvalue weighted by Gasteiger charge is -2.57. The van der Waals surface area contributed by atoms with Gasteiger partial charge < -0.3 is 14.2 Å². The molecular weight excluding hydrogens is 408 g/mol. The average Bonchev–Trinajstić information content (AvgIpc) is 2.81. The second-order valence-electron chi connectivity index (χ2n) is 11.0. The van der Waals surface area contributed by atoms with E-state index < -0.39 is 0 Å². The SMILES string of the molecule is CCC(C)c1ccc(OC(C)OCCOc2cccc(C34CC5CC(CC(C5)C3)C4)c2)cc1. The summed E-state index contributed by atoms with van der Waals surface area (Å²) in [5, 5.41) is 0. The van der Waals surface area contributed by atoms with E-state index in [0.29, 0.717) is 24.5 Å². The Morgan fingerprint density at radius 3 is 2.15 bits per heavy atom. The molecule has 4 fully saturated rings. The van der Waals surface area contributed by atoms with Crippen molar-refractivity contribution in [1.82, 2.24) is 0 Å². The van der Waals surface area contributed by atoms with Crippen LogP contribution in [0.3, 0.4) is 0 Å². The molecule has 2 aromatic carbocycles. The minimum Gasteiger partial charge on any atom is -0.491 e. The summed E-state index contributed by atoms with van der Waals surface area (Å²) in [6, 6.07) is 17.3. The fraction of sp³-hybridized carbons (Fsp3) is 0.600. The van der Waals surface area contributed by atoms with Gasteiger partial charge in [-0.25, -0.2) is 0 Å². The molecule has 0 spiro atoms. The predicted molar refractivity (Wildman–Crippen MR) is 133 cm³/mol. The van der Waals surface area contributed by atoms with E-state index in [4.69, 9.17) is 14.2 Å². The maximum atomic E-state index is 6.08. The average molecular weight is 449 g/mol. The zero-order chi connectivity index (χ0) is 22.8. The molecule has 0 amide bonds.